The molecule has 0 radical (unpaired) electrons. The third-order valence-corrected chi connectivity index (χ3v) is 9.68. The van der Waals surface area contributed by atoms with Crippen molar-refractivity contribution in [3.8, 4) is 0 Å². The molecule has 0 saturated carbocycles. The van der Waals surface area contributed by atoms with Gasteiger partial charge in [0.2, 0.25) is 0 Å². The normalized spacial score (nSPS) is 15.4. The highest BCUT2D eigenvalue weighted by molar-refractivity contribution is 4.93. The molecule has 1 aliphatic rings. The molecular formula is C40H77N. The van der Waals surface area contributed by atoms with Gasteiger partial charge in [-0.15, -0.1) is 0 Å². The Morgan fingerprint density at radius 1 is 0.415 bits per heavy atom. The van der Waals surface area contributed by atoms with Crippen molar-refractivity contribution in [1.82, 2.24) is 4.90 Å². The highest BCUT2D eigenvalue weighted by Gasteiger charge is 2.39. The van der Waals surface area contributed by atoms with E-state index in [1.54, 1.807) is 0 Å². The Balaban J connectivity index is 1.88. The average Bonchev–Trinajstić information content (AvgIpc) is 2.95. The second-order valence-electron chi connectivity index (χ2n) is 14.1. The molecule has 0 spiro atoms. The van der Waals surface area contributed by atoms with Gasteiger partial charge >= 0.3 is 0 Å². The van der Waals surface area contributed by atoms with Crippen molar-refractivity contribution in [2.45, 2.75) is 206 Å². The van der Waals surface area contributed by atoms with E-state index in [2.05, 4.69) is 50.1 Å². The third kappa shape index (κ3) is 24.6. The van der Waals surface area contributed by atoms with E-state index < -0.39 is 0 Å². The third-order valence-electron chi connectivity index (χ3n) is 9.68. The topological polar surface area (TPSA) is 3.24 Å². The maximum absolute atomic E-state index is 2.56. The summed E-state index contributed by atoms with van der Waals surface area (Å²) in [7, 11) is 2.32. The first kappa shape index (κ1) is 38.5. The zero-order valence-corrected chi connectivity index (χ0v) is 28.9. The van der Waals surface area contributed by atoms with Gasteiger partial charge in [0.25, 0.3) is 0 Å². The van der Waals surface area contributed by atoms with Crippen LogP contribution in [0.5, 0.6) is 0 Å². The van der Waals surface area contributed by atoms with E-state index in [4.69, 9.17) is 0 Å². The van der Waals surface area contributed by atoms with Crippen LogP contribution in [-0.2, 0) is 0 Å². The number of hydrogen-bond acceptors (Lipinski definition) is 1. The van der Waals surface area contributed by atoms with Gasteiger partial charge in [0, 0.05) is 13.1 Å². The minimum atomic E-state index is 0.681. The molecule has 1 saturated heterocycles. The van der Waals surface area contributed by atoms with Gasteiger partial charge in [0.05, 0.1) is 0 Å². The highest BCUT2D eigenvalue weighted by atomic mass is 15.2. The lowest BCUT2D eigenvalue weighted by atomic mass is 9.72. The maximum atomic E-state index is 2.56. The van der Waals surface area contributed by atoms with Gasteiger partial charge in [0.15, 0.2) is 0 Å². The molecule has 0 aromatic heterocycles. The van der Waals surface area contributed by atoms with Crippen molar-refractivity contribution in [2.75, 3.05) is 20.1 Å². The summed E-state index contributed by atoms with van der Waals surface area (Å²) in [6.45, 7) is 7.32. The van der Waals surface area contributed by atoms with Gasteiger partial charge in [-0.1, -0.05) is 186 Å². The van der Waals surface area contributed by atoms with Crippen LogP contribution in [-0.4, -0.2) is 25.0 Å². The Morgan fingerprint density at radius 2 is 0.732 bits per heavy atom. The quantitative estimate of drug-likeness (QED) is 0.0573. The molecule has 0 aromatic rings. The Labute approximate surface area is 260 Å². The summed E-state index contributed by atoms with van der Waals surface area (Å²) in [6.07, 6.45) is 52.4. The molecule has 0 N–H and O–H groups in total. The lowest BCUT2D eigenvalue weighted by molar-refractivity contribution is 0.00256. The van der Waals surface area contributed by atoms with Crippen LogP contribution in [0.4, 0.5) is 0 Å². The van der Waals surface area contributed by atoms with Crippen molar-refractivity contribution in [3.05, 3.63) is 24.3 Å². The number of hydrogen-bond donors (Lipinski definition) is 0. The molecule has 1 rings (SSSR count). The first-order chi connectivity index (χ1) is 20.2. The van der Waals surface area contributed by atoms with E-state index in [1.807, 2.05) is 0 Å². The maximum Gasteiger partial charge on any atom is 0.00474 e. The molecule has 1 heterocycles. The lowest BCUT2D eigenvalue weighted by Crippen LogP contribution is -2.54. The molecule has 1 heteroatoms. The molecule has 242 valence electrons. The van der Waals surface area contributed by atoms with E-state index in [9.17, 15) is 0 Å². The summed E-state index contributed by atoms with van der Waals surface area (Å²) in [5, 5.41) is 0. The van der Waals surface area contributed by atoms with Crippen molar-refractivity contribution in [3.63, 3.8) is 0 Å². The Kier molecular flexibility index (Phi) is 27.7. The van der Waals surface area contributed by atoms with Crippen LogP contribution >= 0.6 is 0 Å². The predicted molar refractivity (Wildman–Crippen MR) is 188 cm³/mol. The van der Waals surface area contributed by atoms with Gasteiger partial charge in [-0.2, -0.15) is 0 Å². The van der Waals surface area contributed by atoms with Crippen molar-refractivity contribution >= 4 is 0 Å². The number of rotatable bonds is 32. The van der Waals surface area contributed by atoms with Crippen molar-refractivity contribution in [1.29, 1.82) is 0 Å². The van der Waals surface area contributed by atoms with Crippen LogP contribution in [0.2, 0.25) is 0 Å². The van der Waals surface area contributed by atoms with E-state index in [0.717, 1.165) is 6.42 Å². The minimum Gasteiger partial charge on any atom is -0.305 e. The molecule has 41 heavy (non-hydrogen) atoms. The van der Waals surface area contributed by atoms with Gasteiger partial charge in [-0.05, 0) is 57.4 Å². The van der Waals surface area contributed by atoms with E-state index in [0.29, 0.717) is 5.41 Å². The first-order valence-electron chi connectivity index (χ1n) is 19.2. The standard InChI is InChI=1S/C40H77N/c1-4-6-8-10-12-14-16-18-20-22-24-26-28-30-32-34-36-40(38-41(3)39-40)37-35-33-31-29-27-25-23-21-19-17-15-13-11-9-7-5-2/h12,14,18,20H,4-11,13,15-17,19,21-39H2,1-3H3. The smallest absolute Gasteiger partial charge is 0.00474 e. The summed E-state index contributed by atoms with van der Waals surface area (Å²) >= 11 is 0. The molecule has 0 aromatic carbocycles. The summed E-state index contributed by atoms with van der Waals surface area (Å²) in [4.78, 5) is 2.56. The zero-order valence-electron chi connectivity index (χ0n) is 28.9. The molecule has 0 atom stereocenters. The van der Waals surface area contributed by atoms with E-state index in [-0.39, 0.29) is 0 Å². The number of likely N-dealkylation sites (tertiary alicyclic amines) is 1. The second kappa shape index (κ2) is 29.5. The highest BCUT2D eigenvalue weighted by Crippen LogP contribution is 2.40. The predicted octanol–water partition coefficient (Wildman–Crippen LogP) is 13.8. The Hall–Kier alpha value is -0.560. The summed E-state index contributed by atoms with van der Waals surface area (Å²) < 4.78 is 0. The Bertz CT molecular complexity index is 569. The zero-order chi connectivity index (χ0) is 29.5. The minimum absolute atomic E-state index is 0.681. The fourth-order valence-corrected chi connectivity index (χ4v) is 7.08. The van der Waals surface area contributed by atoms with Crippen LogP contribution in [0.1, 0.15) is 206 Å². The fraction of sp³-hybridized carbons (Fsp3) is 0.900. The van der Waals surface area contributed by atoms with Crippen LogP contribution < -0.4 is 0 Å². The molecule has 1 nitrogen and oxygen atoms in total. The van der Waals surface area contributed by atoms with Crippen molar-refractivity contribution < 1.29 is 0 Å². The van der Waals surface area contributed by atoms with Crippen LogP contribution in [0.15, 0.2) is 24.3 Å². The van der Waals surface area contributed by atoms with Crippen LogP contribution in [0.25, 0.3) is 0 Å². The molecule has 0 unspecified atom stereocenters. The summed E-state index contributed by atoms with van der Waals surface area (Å²) in [5.41, 5.74) is 0.681. The molecule has 1 fully saturated rings. The monoisotopic (exact) mass is 572 g/mol. The van der Waals surface area contributed by atoms with Crippen LogP contribution in [0, 0.1) is 5.41 Å². The number of nitrogens with zero attached hydrogens (tertiary/aromatic N) is 1. The van der Waals surface area contributed by atoms with Gasteiger partial charge in [-0.25, -0.2) is 0 Å². The fourth-order valence-electron chi connectivity index (χ4n) is 7.08. The number of unbranched alkanes of at least 4 members (excludes halogenated alkanes) is 24. The SMILES string of the molecule is CCCCCC=CCC=CCCCCCCCCC1(CCCCCCCCCCCCCCCCCC)CN(C)C1. The lowest BCUT2D eigenvalue weighted by Gasteiger charge is -2.49. The van der Waals surface area contributed by atoms with E-state index in [1.165, 1.54) is 199 Å². The van der Waals surface area contributed by atoms with Crippen molar-refractivity contribution in [2.24, 2.45) is 5.41 Å². The average molecular weight is 572 g/mol. The molecule has 0 amide bonds. The molecule has 1 aliphatic heterocycles. The summed E-state index contributed by atoms with van der Waals surface area (Å²) in [6, 6.07) is 0. The molecular weight excluding hydrogens is 494 g/mol. The largest absolute Gasteiger partial charge is 0.305 e. The van der Waals surface area contributed by atoms with Gasteiger partial charge in [-0.3, -0.25) is 0 Å². The van der Waals surface area contributed by atoms with Gasteiger partial charge < -0.3 is 4.90 Å². The first-order valence-corrected chi connectivity index (χ1v) is 19.2. The molecule has 0 bridgehead atoms. The van der Waals surface area contributed by atoms with Crippen LogP contribution in [0.3, 0.4) is 0 Å². The molecule has 0 aliphatic carbocycles. The summed E-state index contributed by atoms with van der Waals surface area (Å²) in [5.74, 6) is 0. The number of allylic oxidation sites excluding steroid dienone is 4. The van der Waals surface area contributed by atoms with Gasteiger partial charge in [0.1, 0.15) is 0 Å². The van der Waals surface area contributed by atoms with E-state index >= 15 is 0 Å². The second-order valence-corrected chi connectivity index (χ2v) is 14.1. The Morgan fingerprint density at radius 3 is 1.12 bits per heavy atom.